The second kappa shape index (κ2) is 27.6. The third kappa shape index (κ3) is 21.9. The zero-order valence-corrected chi connectivity index (χ0v) is 27.7. The van der Waals surface area contributed by atoms with Gasteiger partial charge in [0.1, 0.15) is 6.61 Å². The van der Waals surface area contributed by atoms with Gasteiger partial charge < -0.3 is 37.9 Å². The second-order valence-corrected chi connectivity index (χ2v) is 11.4. The van der Waals surface area contributed by atoms with E-state index in [0.29, 0.717) is 85.9 Å². The number of benzene rings is 1. The summed E-state index contributed by atoms with van der Waals surface area (Å²) in [6, 6.07) is 6.47. The van der Waals surface area contributed by atoms with Gasteiger partial charge in [-0.25, -0.2) is 0 Å². The number of rotatable bonds is 31. The summed E-state index contributed by atoms with van der Waals surface area (Å²) in [6.07, 6.45) is 3.80. The van der Waals surface area contributed by atoms with E-state index in [1.165, 1.54) is 12.1 Å². The first-order valence-electron chi connectivity index (χ1n) is 15.6. The lowest BCUT2D eigenvalue weighted by Crippen LogP contribution is -2.20. The molecule has 0 radical (unpaired) electrons. The fourth-order valence-corrected chi connectivity index (χ4v) is 4.55. The maximum atomic E-state index is 12.1. The van der Waals surface area contributed by atoms with Crippen LogP contribution in [0.15, 0.2) is 29.2 Å². The smallest absolute Gasteiger partial charge is 0.308 e. The topological polar surface area (TPSA) is 134 Å². The van der Waals surface area contributed by atoms with Crippen molar-refractivity contribution < 1.29 is 55.3 Å². The number of carbonyl (C=O) groups excluding carboxylic acids is 1. The van der Waals surface area contributed by atoms with Crippen LogP contribution in [0.1, 0.15) is 45.1 Å². The summed E-state index contributed by atoms with van der Waals surface area (Å²) in [5, 5.41) is 0. The van der Waals surface area contributed by atoms with Crippen molar-refractivity contribution in [3.8, 4) is 0 Å². The molecule has 0 saturated carbocycles. The minimum absolute atomic E-state index is 0.0117. The highest BCUT2D eigenvalue weighted by molar-refractivity contribution is 7.86. The van der Waals surface area contributed by atoms with Crippen LogP contribution in [0.25, 0.3) is 0 Å². The predicted octanol–water partition coefficient (Wildman–Crippen LogP) is 3.58. The Morgan fingerprint density at radius 2 is 1.00 bits per heavy atom. The Bertz CT molecular complexity index is 911. The first-order chi connectivity index (χ1) is 21.4. The van der Waals surface area contributed by atoms with Gasteiger partial charge in [0.25, 0.3) is 10.1 Å². The summed E-state index contributed by atoms with van der Waals surface area (Å²) < 4.78 is 72.4. The highest BCUT2D eigenvalue weighted by Gasteiger charge is 2.17. The highest BCUT2D eigenvalue weighted by atomic mass is 32.2. The van der Waals surface area contributed by atoms with Gasteiger partial charge in [-0.15, -0.1) is 0 Å². The van der Waals surface area contributed by atoms with Crippen molar-refractivity contribution in [1.29, 1.82) is 0 Å². The van der Waals surface area contributed by atoms with E-state index >= 15 is 0 Å². The first kappa shape index (κ1) is 40.3. The molecule has 12 nitrogen and oxygen atoms in total. The molecular formula is C31H54O12S. The van der Waals surface area contributed by atoms with E-state index in [4.69, 9.17) is 42.1 Å². The third-order valence-electron chi connectivity index (χ3n) is 6.21. The molecule has 0 aliphatic carbocycles. The van der Waals surface area contributed by atoms with Crippen LogP contribution in [0.5, 0.6) is 0 Å². The molecule has 0 fully saturated rings. The lowest BCUT2D eigenvalue weighted by Gasteiger charge is -2.13. The molecule has 1 unspecified atom stereocenters. The summed E-state index contributed by atoms with van der Waals surface area (Å²) in [4.78, 5) is 12.1. The average Bonchev–Trinajstić information content (AvgIpc) is 3.01. The summed E-state index contributed by atoms with van der Waals surface area (Å²) in [6.45, 7) is 11.9. The Hall–Kier alpha value is -1.68. The molecule has 0 saturated heterocycles. The van der Waals surface area contributed by atoms with Gasteiger partial charge in [0, 0.05) is 0 Å². The SMILES string of the molecule is CCCCC(CC)C(=O)OCCOCCOCCOCCOCCOCCOCCOCCOS(=O)(=O)c1ccc(C)cc1. The zero-order chi connectivity index (χ0) is 32.1. The van der Waals surface area contributed by atoms with Gasteiger partial charge in [0.15, 0.2) is 0 Å². The van der Waals surface area contributed by atoms with Gasteiger partial charge in [-0.2, -0.15) is 8.42 Å². The molecular weight excluding hydrogens is 596 g/mol. The van der Waals surface area contributed by atoms with Crippen LogP contribution >= 0.6 is 0 Å². The quantitative estimate of drug-likeness (QED) is 0.0661. The monoisotopic (exact) mass is 650 g/mol. The normalized spacial score (nSPS) is 12.4. The second-order valence-electron chi connectivity index (χ2n) is 9.79. The molecule has 0 bridgehead atoms. The van der Waals surface area contributed by atoms with Crippen LogP contribution in [0.2, 0.25) is 0 Å². The first-order valence-corrected chi connectivity index (χ1v) is 17.0. The van der Waals surface area contributed by atoms with E-state index in [9.17, 15) is 13.2 Å². The molecule has 0 aliphatic rings. The fourth-order valence-electron chi connectivity index (χ4n) is 3.66. The predicted molar refractivity (Wildman–Crippen MR) is 164 cm³/mol. The largest absolute Gasteiger partial charge is 0.463 e. The van der Waals surface area contributed by atoms with E-state index in [1.807, 2.05) is 13.8 Å². The Labute approximate surface area is 264 Å². The molecule has 0 spiro atoms. The lowest BCUT2D eigenvalue weighted by atomic mass is 10.00. The maximum absolute atomic E-state index is 12.1. The molecule has 0 heterocycles. The number of esters is 1. The van der Waals surface area contributed by atoms with E-state index in [0.717, 1.165) is 31.2 Å². The summed E-state index contributed by atoms with van der Waals surface area (Å²) in [7, 11) is -3.77. The van der Waals surface area contributed by atoms with Crippen LogP contribution in [-0.2, 0) is 57.0 Å². The maximum Gasteiger partial charge on any atom is 0.308 e. The van der Waals surface area contributed by atoms with E-state index in [1.54, 1.807) is 12.1 Å². The number of ether oxygens (including phenoxy) is 8. The number of carbonyl (C=O) groups is 1. The Balaban J connectivity index is 1.76. The van der Waals surface area contributed by atoms with Crippen molar-refractivity contribution in [2.45, 2.75) is 51.3 Å². The highest BCUT2D eigenvalue weighted by Crippen LogP contribution is 2.14. The lowest BCUT2D eigenvalue weighted by molar-refractivity contribution is -0.150. The molecule has 0 aromatic heterocycles. The minimum atomic E-state index is -3.77. The van der Waals surface area contributed by atoms with Crippen LogP contribution in [0.3, 0.4) is 0 Å². The number of aryl methyl sites for hydroxylation is 1. The van der Waals surface area contributed by atoms with Gasteiger partial charge in [-0.05, 0) is 31.9 Å². The zero-order valence-electron chi connectivity index (χ0n) is 26.8. The van der Waals surface area contributed by atoms with Crippen molar-refractivity contribution in [3.63, 3.8) is 0 Å². The Morgan fingerprint density at radius 1 is 0.614 bits per heavy atom. The molecule has 0 aliphatic heterocycles. The number of hydrogen-bond acceptors (Lipinski definition) is 12. The van der Waals surface area contributed by atoms with Crippen molar-refractivity contribution in [1.82, 2.24) is 0 Å². The summed E-state index contributed by atoms with van der Waals surface area (Å²) >= 11 is 0. The van der Waals surface area contributed by atoms with Gasteiger partial charge >= 0.3 is 5.97 Å². The molecule has 44 heavy (non-hydrogen) atoms. The Morgan fingerprint density at radius 3 is 1.39 bits per heavy atom. The van der Waals surface area contributed by atoms with Crippen LogP contribution in [0, 0.1) is 12.8 Å². The third-order valence-corrected chi connectivity index (χ3v) is 7.54. The fraction of sp³-hybridized carbons (Fsp3) is 0.774. The Kier molecular flexibility index (Phi) is 25.3. The molecule has 0 N–H and O–H groups in total. The van der Waals surface area contributed by atoms with Gasteiger partial charge in [-0.1, -0.05) is 44.4 Å². The van der Waals surface area contributed by atoms with E-state index in [-0.39, 0.29) is 36.6 Å². The van der Waals surface area contributed by atoms with E-state index < -0.39 is 10.1 Å². The van der Waals surface area contributed by atoms with E-state index in [2.05, 4.69) is 6.92 Å². The molecule has 13 heteroatoms. The molecule has 0 amide bonds. The molecule has 1 aromatic rings. The molecule has 256 valence electrons. The van der Waals surface area contributed by atoms with Gasteiger partial charge in [-0.3, -0.25) is 8.98 Å². The average molecular weight is 651 g/mol. The summed E-state index contributed by atoms with van der Waals surface area (Å²) in [5.74, 6) is -0.141. The van der Waals surface area contributed by atoms with Gasteiger partial charge in [0.2, 0.25) is 0 Å². The van der Waals surface area contributed by atoms with Crippen molar-refractivity contribution in [2.24, 2.45) is 5.92 Å². The van der Waals surface area contributed by atoms with Crippen molar-refractivity contribution in [3.05, 3.63) is 29.8 Å². The molecule has 1 rings (SSSR count). The van der Waals surface area contributed by atoms with Crippen LogP contribution in [-0.4, -0.2) is 120 Å². The minimum Gasteiger partial charge on any atom is -0.463 e. The van der Waals surface area contributed by atoms with Crippen molar-refractivity contribution in [2.75, 3.05) is 106 Å². The standard InChI is InChI=1S/C31H54O12S/c1-4-6-7-29(5-2)31(32)42-26-24-40-22-20-38-18-16-36-14-12-35-13-15-37-17-19-39-21-23-41-25-27-43-44(33,34)30-10-8-28(3)9-11-30/h8-11,29H,4-7,12-27H2,1-3H3. The van der Waals surface area contributed by atoms with Crippen molar-refractivity contribution >= 4 is 16.1 Å². The molecule has 1 aromatic carbocycles. The molecule has 1 atom stereocenters. The van der Waals surface area contributed by atoms with Crippen LogP contribution in [0.4, 0.5) is 0 Å². The van der Waals surface area contributed by atoms with Crippen LogP contribution < -0.4 is 0 Å². The van der Waals surface area contributed by atoms with Gasteiger partial charge in [0.05, 0.1) is 110 Å². The summed E-state index contributed by atoms with van der Waals surface area (Å²) in [5.41, 5.74) is 0.974. The number of hydrogen-bond donors (Lipinski definition) is 0. The number of unbranched alkanes of at least 4 members (excludes halogenated alkanes) is 1.